The van der Waals surface area contributed by atoms with E-state index in [4.69, 9.17) is 11.1 Å². The molecule has 0 amide bonds. The molecule has 0 aromatic carbocycles. The van der Waals surface area contributed by atoms with Gasteiger partial charge in [-0.15, -0.1) is 0 Å². The molecule has 0 saturated heterocycles. The molecule has 7 heavy (non-hydrogen) atoms. The predicted octanol–water partition coefficient (Wildman–Crippen LogP) is -0.188. The topological polar surface area (TPSA) is 66.9 Å². The number of carbonyl (C=O) groups excluding carboxylic acids is 1. The van der Waals surface area contributed by atoms with Gasteiger partial charge in [-0.2, -0.15) is 0 Å². The van der Waals surface area contributed by atoms with Crippen LogP contribution in [0.5, 0.6) is 0 Å². The zero-order chi connectivity index (χ0) is 5.70. The Balaban J connectivity index is 2.97. The van der Waals surface area contributed by atoms with E-state index in [0.717, 1.165) is 0 Å². The van der Waals surface area contributed by atoms with Crippen molar-refractivity contribution in [3.8, 4) is 0 Å². The largest absolute Gasteiger partial charge is 0.388 e. The molecule has 0 bridgehead atoms. The van der Waals surface area contributed by atoms with Crippen LogP contribution in [0.15, 0.2) is 0 Å². The first kappa shape index (κ1) is 6.14. The molecule has 0 spiro atoms. The molecule has 1 radical (unpaired) electrons. The zero-order valence-electron chi connectivity index (χ0n) is 3.90. The van der Waals surface area contributed by atoms with Crippen LogP contribution in [0, 0.1) is 5.41 Å². The molecule has 0 aromatic rings. The van der Waals surface area contributed by atoms with Crippen molar-refractivity contribution in [1.82, 2.24) is 0 Å². The molecule has 0 aliphatic rings. The fourth-order valence-electron chi connectivity index (χ4n) is 0.186. The highest BCUT2D eigenvalue weighted by atomic mass is 16.1. The lowest BCUT2D eigenvalue weighted by Crippen LogP contribution is -2.08. The highest BCUT2D eigenvalue weighted by Crippen LogP contribution is 1.78. The minimum atomic E-state index is 0.0448. The van der Waals surface area contributed by atoms with Crippen molar-refractivity contribution < 1.29 is 4.79 Å². The van der Waals surface area contributed by atoms with Gasteiger partial charge in [0.25, 0.3) is 0 Å². The van der Waals surface area contributed by atoms with Crippen LogP contribution < -0.4 is 5.73 Å². The Morgan fingerprint density at radius 3 is 2.57 bits per heavy atom. The highest BCUT2D eigenvalue weighted by molar-refractivity contribution is 5.78. The van der Waals surface area contributed by atoms with Gasteiger partial charge in [-0.05, 0) is 0 Å². The summed E-state index contributed by atoms with van der Waals surface area (Å²) in [5.74, 6) is 0.0448. The van der Waals surface area contributed by atoms with E-state index in [9.17, 15) is 4.79 Å². The third-order valence-corrected chi connectivity index (χ3v) is 0.496. The van der Waals surface area contributed by atoms with E-state index in [1.165, 1.54) is 0 Å². The Morgan fingerprint density at radius 2 is 2.43 bits per heavy atom. The normalized spacial score (nSPS) is 8.00. The van der Waals surface area contributed by atoms with Gasteiger partial charge in [0.1, 0.15) is 0 Å². The van der Waals surface area contributed by atoms with Gasteiger partial charge in [0, 0.05) is 12.8 Å². The van der Waals surface area contributed by atoms with E-state index in [1.807, 2.05) is 0 Å². The van der Waals surface area contributed by atoms with E-state index in [0.29, 0.717) is 6.42 Å². The van der Waals surface area contributed by atoms with Crippen molar-refractivity contribution in [2.75, 3.05) is 0 Å². The Hall–Kier alpha value is -0.860. The summed E-state index contributed by atoms with van der Waals surface area (Å²) < 4.78 is 0. The van der Waals surface area contributed by atoms with Gasteiger partial charge in [-0.1, -0.05) is 0 Å². The Kier molecular flexibility index (Phi) is 2.92. The summed E-state index contributed by atoms with van der Waals surface area (Å²) in [7, 11) is 0. The lowest BCUT2D eigenvalue weighted by molar-refractivity contribution is 0.552. The van der Waals surface area contributed by atoms with Crippen LogP contribution in [0.4, 0.5) is 0 Å². The molecule has 0 saturated carbocycles. The Labute approximate surface area is 42.0 Å². The van der Waals surface area contributed by atoms with Crippen molar-refractivity contribution >= 4 is 12.1 Å². The zero-order valence-corrected chi connectivity index (χ0v) is 3.90. The third kappa shape index (κ3) is 5.14. The lowest BCUT2D eigenvalue weighted by atomic mass is 10.3. The quantitative estimate of drug-likeness (QED) is 0.380. The molecule has 0 atom stereocenters. The van der Waals surface area contributed by atoms with Gasteiger partial charge in [0.05, 0.1) is 5.84 Å². The summed E-state index contributed by atoms with van der Waals surface area (Å²) in [5.41, 5.74) is 4.88. The molecular formula is C4H7N2O. The summed E-state index contributed by atoms with van der Waals surface area (Å²) in [6, 6.07) is 0. The first-order chi connectivity index (χ1) is 3.27. The predicted molar refractivity (Wildman–Crippen MR) is 26.8 cm³/mol. The van der Waals surface area contributed by atoms with Crippen LogP contribution in [0.1, 0.15) is 12.8 Å². The molecule has 3 heteroatoms. The summed E-state index contributed by atoms with van der Waals surface area (Å²) in [4.78, 5) is 9.43. The van der Waals surface area contributed by atoms with Crippen LogP contribution in [0.3, 0.4) is 0 Å². The number of rotatable bonds is 3. The highest BCUT2D eigenvalue weighted by Gasteiger charge is 1.85. The molecular weight excluding hydrogens is 92.1 g/mol. The smallest absolute Gasteiger partial charge is 0.198 e. The second kappa shape index (κ2) is 3.33. The molecule has 3 nitrogen and oxygen atoms in total. The van der Waals surface area contributed by atoms with E-state index >= 15 is 0 Å². The monoisotopic (exact) mass is 99.1 g/mol. The van der Waals surface area contributed by atoms with Crippen molar-refractivity contribution in [3.63, 3.8) is 0 Å². The van der Waals surface area contributed by atoms with Gasteiger partial charge in [-0.25, -0.2) is 0 Å². The number of nitrogens with one attached hydrogen (secondary N) is 1. The molecule has 0 unspecified atom stereocenters. The number of hydrogen-bond donors (Lipinski definition) is 2. The third-order valence-electron chi connectivity index (χ3n) is 0.496. The Bertz CT molecular complexity index is 79.8. The van der Waals surface area contributed by atoms with E-state index < -0.39 is 0 Å². The summed E-state index contributed by atoms with van der Waals surface area (Å²) >= 11 is 0. The molecule has 0 aliphatic heterocycles. The van der Waals surface area contributed by atoms with E-state index in [1.54, 1.807) is 6.29 Å². The molecule has 0 aliphatic carbocycles. The SMILES string of the molecule is N=C(N)CC[C]=O. The number of hydrogen-bond acceptors (Lipinski definition) is 2. The van der Waals surface area contributed by atoms with Crippen molar-refractivity contribution in [2.45, 2.75) is 12.8 Å². The van der Waals surface area contributed by atoms with Gasteiger partial charge < -0.3 is 5.73 Å². The van der Waals surface area contributed by atoms with E-state index in [-0.39, 0.29) is 12.3 Å². The number of nitrogens with two attached hydrogens (primary N) is 1. The summed E-state index contributed by atoms with van der Waals surface area (Å²) in [6.45, 7) is 0. The average molecular weight is 99.1 g/mol. The van der Waals surface area contributed by atoms with Gasteiger partial charge in [-0.3, -0.25) is 10.2 Å². The van der Waals surface area contributed by atoms with Crippen LogP contribution in [-0.4, -0.2) is 12.1 Å². The molecule has 0 rings (SSSR count). The van der Waals surface area contributed by atoms with Crippen molar-refractivity contribution in [1.29, 1.82) is 5.41 Å². The van der Waals surface area contributed by atoms with Crippen LogP contribution in [0.25, 0.3) is 0 Å². The van der Waals surface area contributed by atoms with Gasteiger partial charge in [0.2, 0.25) is 0 Å². The molecule has 3 N–H and O–H groups in total. The number of amidine groups is 1. The summed E-state index contributed by atoms with van der Waals surface area (Å²) in [6.07, 6.45) is 2.21. The molecule has 0 fully saturated rings. The van der Waals surface area contributed by atoms with Crippen molar-refractivity contribution in [2.24, 2.45) is 5.73 Å². The minimum Gasteiger partial charge on any atom is -0.388 e. The fourth-order valence-corrected chi connectivity index (χ4v) is 0.186. The van der Waals surface area contributed by atoms with Crippen LogP contribution in [-0.2, 0) is 4.79 Å². The average Bonchev–Trinajstić information content (AvgIpc) is 1.61. The van der Waals surface area contributed by atoms with Gasteiger partial charge in [0.15, 0.2) is 6.29 Å². The first-order valence-corrected chi connectivity index (χ1v) is 1.95. The second-order valence-corrected chi connectivity index (χ2v) is 1.17. The maximum Gasteiger partial charge on any atom is 0.198 e. The van der Waals surface area contributed by atoms with Crippen molar-refractivity contribution in [3.05, 3.63) is 0 Å². The maximum atomic E-state index is 9.43. The van der Waals surface area contributed by atoms with E-state index in [2.05, 4.69) is 0 Å². The fraction of sp³-hybridized carbons (Fsp3) is 0.500. The van der Waals surface area contributed by atoms with Crippen LogP contribution in [0.2, 0.25) is 0 Å². The molecule has 0 aromatic heterocycles. The second-order valence-electron chi connectivity index (χ2n) is 1.17. The summed E-state index contributed by atoms with van der Waals surface area (Å²) in [5, 5.41) is 6.60. The lowest BCUT2D eigenvalue weighted by Gasteiger charge is -1.84. The van der Waals surface area contributed by atoms with Crippen LogP contribution >= 0.6 is 0 Å². The van der Waals surface area contributed by atoms with Gasteiger partial charge >= 0.3 is 0 Å². The maximum absolute atomic E-state index is 9.43. The molecule has 0 heterocycles. The Morgan fingerprint density at radius 1 is 1.86 bits per heavy atom. The first-order valence-electron chi connectivity index (χ1n) is 1.95. The standard InChI is InChI=1S/C4H7N2O/c5-4(6)2-1-3-7/h1-2H2,(H3,5,6). The molecule has 39 valence electrons. The minimum absolute atomic E-state index is 0.0448.